The van der Waals surface area contributed by atoms with E-state index in [0.717, 1.165) is 40.7 Å². The summed E-state index contributed by atoms with van der Waals surface area (Å²) in [6, 6.07) is 5.13. The van der Waals surface area contributed by atoms with Crippen LogP contribution in [-0.4, -0.2) is 10.1 Å². The van der Waals surface area contributed by atoms with E-state index < -0.39 is 0 Å². The molecule has 4 fully saturated rings. The summed E-state index contributed by atoms with van der Waals surface area (Å²) in [5.74, 6) is 4.47. The molecule has 3 heteroatoms. The lowest BCUT2D eigenvalue weighted by atomic mass is 9.53. The van der Waals surface area contributed by atoms with Gasteiger partial charge in [-0.1, -0.05) is 5.57 Å². The highest BCUT2D eigenvalue weighted by atomic mass is 16.3. The lowest BCUT2D eigenvalue weighted by molar-refractivity contribution is 0.0702. The number of aromatic nitrogens is 1. The zero-order valence-electron chi connectivity index (χ0n) is 12.9. The third-order valence-corrected chi connectivity index (χ3v) is 6.14. The van der Waals surface area contributed by atoms with Gasteiger partial charge in [-0.25, -0.2) is 4.98 Å². The largest absolute Gasteiger partial charge is 0.508 e. The molecule has 0 unspecified atom stereocenters. The number of rotatable bonds is 1. The highest BCUT2D eigenvalue weighted by Gasteiger charge is 2.46. The Morgan fingerprint density at radius 1 is 1.09 bits per heavy atom. The van der Waals surface area contributed by atoms with Crippen LogP contribution in [0.3, 0.4) is 0 Å². The third-order valence-electron chi connectivity index (χ3n) is 6.14. The molecular weight excluding hydrogens is 274 g/mol. The normalized spacial score (nSPS) is 32.9. The minimum Gasteiger partial charge on any atom is -0.508 e. The molecule has 0 spiro atoms. The molecule has 1 aromatic carbocycles. The molecule has 1 N–H and O–H groups in total. The molecule has 22 heavy (non-hydrogen) atoms. The van der Waals surface area contributed by atoms with Gasteiger partial charge in [0, 0.05) is 11.6 Å². The van der Waals surface area contributed by atoms with Crippen LogP contribution < -0.4 is 0 Å². The Kier molecular flexibility index (Phi) is 2.53. The molecule has 4 saturated carbocycles. The number of phenolic OH excluding ortho intramolecular Hbond substituents is 1. The quantitative estimate of drug-likeness (QED) is 0.824. The van der Waals surface area contributed by atoms with E-state index in [1.54, 1.807) is 23.8 Å². The van der Waals surface area contributed by atoms with Crippen LogP contribution in [0.25, 0.3) is 16.7 Å². The van der Waals surface area contributed by atoms with Crippen molar-refractivity contribution in [1.82, 2.24) is 4.98 Å². The Morgan fingerprint density at radius 3 is 2.45 bits per heavy atom. The number of hydrogen-bond donors (Lipinski definition) is 1. The fourth-order valence-corrected chi connectivity index (χ4v) is 5.50. The van der Waals surface area contributed by atoms with Gasteiger partial charge in [0.15, 0.2) is 5.58 Å². The number of nitrogens with zero attached hydrogens (tertiary/aromatic N) is 1. The molecule has 4 aliphatic carbocycles. The van der Waals surface area contributed by atoms with Gasteiger partial charge >= 0.3 is 0 Å². The van der Waals surface area contributed by atoms with Gasteiger partial charge in [0.2, 0.25) is 5.89 Å². The molecule has 2 aromatic rings. The molecule has 0 radical (unpaired) electrons. The Balaban J connectivity index is 1.60. The number of allylic oxidation sites excluding steroid dienone is 2. The summed E-state index contributed by atoms with van der Waals surface area (Å²) in [5.41, 5.74) is 4.39. The first kappa shape index (κ1) is 12.7. The van der Waals surface area contributed by atoms with Crippen LogP contribution in [0, 0.1) is 23.7 Å². The molecule has 0 amide bonds. The molecule has 1 aromatic heterocycles. The predicted octanol–water partition coefficient (Wildman–Crippen LogP) is 4.76. The second-order valence-electron chi connectivity index (χ2n) is 7.56. The summed E-state index contributed by atoms with van der Waals surface area (Å²) in [5, 5.41) is 9.60. The number of phenols is 1. The summed E-state index contributed by atoms with van der Waals surface area (Å²) in [4.78, 5) is 4.62. The van der Waals surface area contributed by atoms with E-state index in [9.17, 15) is 5.11 Å². The second-order valence-corrected chi connectivity index (χ2v) is 7.56. The van der Waals surface area contributed by atoms with E-state index in [2.05, 4.69) is 11.9 Å². The molecular formula is C19H21NO2. The minimum atomic E-state index is 0.243. The van der Waals surface area contributed by atoms with Gasteiger partial charge in [0.05, 0.1) is 0 Å². The van der Waals surface area contributed by atoms with Crippen molar-refractivity contribution in [3.8, 4) is 5.75 Å². The van der Waals surface area contributed by atoms with Crippen LogP contribution in [-0.2, 0) is 0 Å². The van der Waals surface area contributed by atoms with E-state index >= 15 is 0 Å². The Hall–Kier alpha value is -1.77. The molecule has 1 heterocycles. The van der Waals surface area contributed by atoms with Gasteiger partial charge in [-0.2, -0.15) is 0 Å². The zero-order chi connectivity index (χ0) is 14.8. The lowest BCUT2D eigenvalue weighted by Gasteiger charge is -2.52. The van der Waals surface area contributed by atoms with Crippen molar-refractivity contribution in [3.63, 3.8) is 0 Å². The summed E-state index contributed by atoms with van der Waals surface area (Å²) < 4.78 is 5.96. The van der Waals surface area contributed by atoms with Crippen molar-refractivity contribution in [2.75, 3.05) is 0 Å². The topological polar surface area (TPSA) is 46.3 Å². The summed E-state index contributed by atoms with van der Waals surface area (Å²) in [7, 11) is 0. The highest BCUT2D eigenvalue weighted by molar-refractivity contribution is 5.77. The standard InChI is InChI=1S/C19H21NO2/c1-10(19-20-16-9-15(21)2-3-17(16)22-19)18-13-5-11-4-12(7-13)8-14(18)6-11/h2-3,9,11-14,21H,4-8H2,1H3. The Bertz CT molecular complexity index is 756. The average Bonchev–Trinajstić information content (AvgIpc) is 2.89. The average molecular weight is 295 g/mol. The molecule has 114 valence electrons. The van der Waals surface area contributed by atoms with Gasteiger partial charge in [0.25, 0.3) is 0 Å². The van der Waals surface area contributed by atoms with Gasteiger partial charge in [-0.05, 0) is 74.8 Å². The van der Waals surface area contributed by atoms with Gasteiger partial charge in [-0.15, -0.1) is 0 Å². The third kappa shape index (κ3) is 1.77. The van der Waals surface area contributed by atoms with E-state index in [1.165, 1.54) is 37.7 Å². The minimum absolute atomic E-state index is 0.243. The molecule has 4 bridgehead atoms. The first-order valence-corrected chi connectivity index (χ1v) is 8.48. The first-order valence-electron chi connectivity index (χ1n) is 8.48. The molecule has 0 saturated heterocycles. The zero-order valence-corrected chi connectivity index (χ0v) is 12.9. The number of aromatic hydroxyl groups is 1. The van der Waals surface area contributed by atoms with Crippen molar-refractivity contribution in [2.24, 2.45) is 23.7 Å². The van der Waals surface area contributed by atoms with E-state index in [-0.39, 0.29) is 5.75 Å². The fourth-order valence-electron chi connectivity index (χ4n) is 5.50. The monoisotopic (exact) mass is 295 g/mol. The van der Waals surface area contributed by atoms with Gasteiger partial charge in [-0.3, -0.25) is 0 Å². The van der Waals surface area contributed by atoms with Gasteiger partial charge in [0.1, 0.15) is 11.3 Å². The van der Waals surface area contributed by atoms with Crippen molar-refractivity contribution in [3.05, 3.63) is 29.7 Å². The molecule has 3 nitrogen and oxygen atoms in total. The molecule has 0 atom stereocenters. The molecule has 4 aliphatic rings. The smallest absolute Gasteiger partial charge is 0.222 e. The first-order chi connectivity index (χ1) is 10.7. The summed E-state index contributed by atoms with van der Waals surface area (Å²) in [6.45, 7) is 2.18. The SMILES string of the molecule is CC(=C1C2CC3CC(C2)CC1C3)c1nc2cc(O)ccc2o1. The van der Waals surface area contributed by atoms with Crippen molar-refractivity contribution < 1.29 is 9.52 Å². The van der Waals surface area contributed by atoms with Crippen LogP contribution in [0.5, 0.6) is 5.75 Å². The van der Waals surface area contributed by atoms with Crippen molar-refractivity contribution >= 4 is 16.7 Å². The van der Waals surface area contributed by atoms with E-state index in [4.69, 9.17) is 4.42 Å². The number of benzene rings is 1. The maximum Gasteiger partial charge on any atom is 0.222 e. The summed E-state index contributed by atoms with van der Waals surface area (Å²) in [6.07, 6.45) is 6.98. The number of hydrogen-bond acceptors (Lipinski definition) is 3. The maximum atomic E-state index is 9.60. The van der Waals surface area contributed by atoms with E-state index in [1.807, 2.05) is 0 Å². The molecule has 0 aliphatic heterocycles. The number of fused-ring (bicyclic) bond motifs is 1. The predicted molar refractivity (Wildman–Crippen MR) is 85.3 cm³/mol. The molecule has 6 rings (SSSR count). The maximum absolute atomic E-state index is 9.60. The fraction of sp³-hybridized carbons (Fsp3) is 0.526. The van der Waals surface area contributed by atoms with Gasteiger partial charge < -0.3 is 9.52 Å². The van der Waals surface area contributed by atoms with Crippen molar-refractivity contribution in [2.45, 2.75) is 39.0 Å². The number of oxazole rings is 1. The second kappa shape index (κ2) is 4.37. The van der Waals surface area contributed by atoms with Crippen LogP contribution >= 0.6 is 0 Å². The Labute approximate surface area is 130 Å². The van der Waals surface area contributed by atoms with Crippen LogP contribution in [0.1, 0.15) is 44.9 Å². The highest BCUT2D eigenvalue weighted by Crippen LogP contribution is 2.57. The Morgan fingerprint density at radius 2 is 1.77 bits per heavy atom. The van der Waals surface area contributed by atoms with Crippen LogP contribution in [0.4, 0.5) is 0 Å². The van der Waals surface area contributed by atoms with Crippen LogP contribution in [0.15, 0.2) is 28.2 Å². The van der Waals surface area contributed by atoms with Crippen molar-refractivity contribution in [1.29, 1.82) is 0 Å². The van der Waals surface area contributed by atoms with Crippen LogP contribution in [0.2, 0.25) is 0 Å². The van der Waals surface area contributed by atoms with E-state index in [0.29, 0.717) is 0 Å². The summed E-state index contributed by atoms with van der Waals surface area (Å²) >= 11 is 0. The lowest BCUT2D eigenvalue weighted by Crippen LogP contribution is -2.40.